The van der Waals surface area contributed by atoms with Crippen molar-refractivity contribution in [3.05, 3.63) is 53.4 Å². The lowest BCUT2D eigenvalue weighted by atomic mass is 10.1. The van der Waals surface area contributed by atoms with Crippen LogP contribution in [0, 0.1) is 6.57 Å². The molecule has 0 aromatic heterocycles. The zero-order valence-corrected chi connectivity index (χ0v) is 15.4. The molecule has 0 bridgehead atoms. The fourth-order valence-electron chi connectivity index (χ4n) is 2.91. The third-order valence-electron chi connectivity index (χ3n) is 4.47. The standard InChI is InChI=1S/C23H30NO/c1-3-4-5-6-7-8-9-10-19-25-23-17-13-21(14-18-23)20-11-15-22(24-2)16-12-20/h2,11-18H,3-10,19H2,1H3/q+1. The van der Waals surface area contributed by atoms with E-state index in [9.17, 15) is 0 Å². The van der Waals surface area contributed by atoms with Crippen LogP contribution in [-0.4, -0.2) is 6.61 Å². The quantitative estimate of drug-likeness (QED) is 0.388. The largest absolute Gasteiger partial charge is 0.494 e. The second-order valence-electron chi connectivity index (χ2n) is 6.52. The number of ether oxygens (including phenoxy) is 1. The van der Waals surface area contributed by atoms with Crippen LogP contribution >= 0.6 is 0 Å². The van der Waals surface area contributed by atoms with Crippen LogP contribution in [0.1, 0.15) is 58.3 Å². The first-order valence-electron chi connectivity index (χ1n) is 9.57. The van der Waals surface area contributed by atoms with Gasteiger partial charge in [0.25, 0.3) is 6.57 Å². The van der Waals surface area contributed by atoms with Gasteiger partial charge in [-0.15, -0.1) is 0 Å². The summed E-state index contributed by atoms with van der Waals surface area (Å²) in [6, 6.07) is 16.2. The van der Waals surface area contributed by atoms with Gasteiger partial charge in [0, 0.05) is 12.1 Å². The van der Waals surface area contributed by atoms with E-state index in [0.29, 0.717) is 0 Å². The van der Waals surface area contributed by atoms with E-state index in [1.165, 1.54) is 50.5 Å². The topological polar surface area (TPSA) is 13.6 Å². The van der Waals surface area contributed by atoms with Gasteiger partial charge < -0.3 is 4.74 Å². The summed E-state index contributed by atoms with van der Waals surface area (Å²) in [4.78, 5) is 3.67. The van der Waals surface area contributed by atoms with Crippen LogP contribution in [0.25, 0.3) is 16.0 Å². The Morgan fingerprint density at radius 3 is 1.80 bits per heavy atom. The number of hydrogen-bond acceptors (Lipinski definition) is 1. The molecule has 0 aliphatic carbocycles. The molecule has 2 aromatic carbocycles. The summed E-state index contributed by atoms with van der Waals surface area (Å²) in [5.41, 5.74) is 3.11. The number of nitrogens with zero attached hydrogens (tertiary/aromatic N) is 1. The van der Waals surface area contributed by atoms with Gasteiger partial charge >= 0.3 is 5.69 Å². The molecule has 0 unspecified atom stereocenters. The monoisotopic (exact) mass is 336 g/mol. The molecule has 2 heteroatoms. The van der Waals surface area contributed by atoms with Gasteiger partial charge in [-0.1, -0.05) is 64.0 Å². The molecule has 132 valence electrons. The van der Waals surface area contributed by atoms with E-state index in [2.05, 4.69) is 23.9 Å². The van der Waals surface area contributed by atoms with Gasteiger partial charge in [0.15, 0.2) is 0 Å². The SMILES string of the molecule is C#[N+]c1ccc(-c2ccc(OCCCCCCCCCC)cc2)cc1. The smallest absolute Gasteiger partial charge is 0.339 e. The lowest BCUT2D eigenvalue weighted by molar-refractivity contribution is 0.304. The van der Waals surface area contributed by atoms with Crippen LogP contribution < -0.4 is 4.74 Å². The van der Waals surface area contributed by atoms with Crippen molar-refractivity contribution in [2.24, 2.45) is 0 Å². The summed E-state index contributed by atoms with van der Waals surface area (Å²) < 4.78 is 5.85. The Kier molecular flexibility index (Phi) is 8.63. The maximum atomic E-state index is 5.85. The molecule has 2 aromatic rings. The molecule has 25 heavy (non-hydrogen) atoms. The zero-order valence-electron chi connectivity index (χ0n) is 15.4. The van der Waals surface area contributed by atoms with Crippen LogP contribution in [0.5, 0.6) is 5.75 Å². The molecule has 2 rings (SSSR count). The second-order valence-corrected chi connectivity index (χ2v) is 6.52. The number of hydrogen-bond donors (Lipinski definition) is 0. The van der Waals surface area contributed by atoms with Gasteiger partial charge in [-0.3, -0.25) is 0 Å². The van der Waals surface area contributed by atoms with Gasteiger partial charge in [0.1, 0.15) is 5.75 Å². The summed E-state index contributed by atoms with van der Waals surface area (Å²) in [7, 11) is 0. The molecule has 0 fully saturated rings. The van der Waals surface area contributed by atoms with Crippen molar-refractivity contribution in [3.63, 3.8) is 0 Å². The van der Waals surface area contributed by atoms with Gasteiger partial charge in [-0.05, 0) is 46.7 Å². The predicted molar refractivity (Wildman–Crippen MR) is 108 cm³/mol. The van der Waals surface area contributed by atoms with E-state index in [4.69, 9.17) is 11.3 Å². The lowest BCUT2D eigenvalue weighted by Gasteiger charge is -2.07. The van der Waals surface area contributed by atoms with E-state index < -0.39 is 0 Å². The van der Waals surface area contributed by atoms with Crippen molar-refractivity contribution in [3.8, 4) is 23.4 Å². The van der Waals surface area contributed by atoms with Crippen LogP contribution in [0.15, 0.2) is 48.5 Å². The second kappa shape index (κ2) is 11.3. The summed E-state index contributed by atoms with van der Waals surface area (Å²) in [6.45, 7) is 8.34. The van der Waals surface area contributed by atoms with Crippen molar-refractivity contribution in [2.75, 3.05) is 6.61 Å². The van der Waals surface area contributed by atoms with E-state index >= 15 is 0 Å². The van der Waals surface area contributed by atoms with E-state index in [-0.39, 0.29) is 0 Å². The van der Waals surface area contributed by atoms with Gasteiger partial charge in [0.2, 0.25) is 0 Å². The maximum Gasteiger partial charge on any atom is 0.339 e. The molecular weight excluding hydrogens is 306 g/mol. The van der Waals surface area contributed by atoms with Gasteiger partial charge in [-0.25, -0.2) is 0 Å². The molecule has 0 aliphatic heterocycles. The Morgan fingerprint density at radius 1 is 0.720 bits per heavy atom. The zero-order chi connectivity index (χ0) is 17.7. The highest BCUT2D eigenvalue weighted by molar-refractivity contribution is 5.66. The summed E-state index contributed by atoms with van der Waals surface area (Å²) in [5, 5.41) is 0. The summed E-state index contributed by atoms with van der Waals surface area (Å²) in [5.74, 6) is 0.945. The van der Waals surface area contributed by atoms with Gasteiger partial charge in [-0.2, -0.15) is 0 Å². The average molecular weight is 336 g/mol. The number of rotatable bonds is 11. The van der Waals surface area contributed by atoms with Crippen molar-refractivity contribution >= 4 is 5.69 Å². The fourth-order valence-corrected chi connectivity index (χ4v) is 2.91. The highest BCUT2D eigenvalue weighted by Gasteiger charge is 2.02. The molecule has 0 radical (unpaired) electrons. The van der Waals surface area contributed by atoms with E-state index in [1.54, 1.807) is 0 Å². The molecule has 0 amide bonds. The van der Waals surface area contributed by atoms with Crippen LogP contribution in [0.4, 0.5) is 5.69 Å². The Hall–Kier alpha value is -2.27. The highest BCUT2D eigenvalue weighted by atomic mass is 16.5. The highest BCUT2D eigenvalue weighted by Crippen LogP contribution is 2.24. The Balaban J connectivity index is 1.66. The normalized spacial score (nSPS) is 10.4. The van der Waals surface area contributed by atoms with E-state index in [0.717, 1.165) is 30.0 Å². The van der Waals surface area contributed by atoms with E-state index in [1.807, 2.05) is 36.4 Å². The van der Waals surface area contributed by atoms with Crippen LogP contribution in [-0.2, 0) is 0 Å². The minimum absolute atomic E-state index is 0.786. The Labute approximate surface area is 152 Å². The third-order valence-corrected chi connectivity index (χ3v) is 4.47. The van der Waals surface area contributed by atoms with Crippen molar-refractivity contribution in [2.45, 2.75) is 58.3 Å². The van der Waals surface area contributed by atoms with Crippen LogP contribution in [0.3, 0.4) is 0 Å². The number of unbranched alkanes of at least 4 members (excludes halogenated alkanes) is 7. The first-order valence-corrected chi connectivity index (χ1v) is 9.57. The molecule has 0 heterocycles. The molecule has 0 aliphatic rings. The van der Waals surface area contributed by atoms with Crippen molar-refractivity contribution < 1.29 is 4.74 Å². The molecule has 0 N–H and O–H groups in total. The lowest BCUT2D eigenvalue weighted by Crippen LogP contribution is -1.97. The van der Waals surface area contributed by atoms with Crippen LogP contribution in [0.2, 0.25) is 0 Å². The minimum atomic E-state index is 0.786. The Bertz CT molecular complexity index is 637. The molecule has 0 spiro atoms. The molecular formula is C23H30NO+. The molecule has 0 saturated carbocycles. The van der Waals surface area contributed by atoms with Gasteiger partial charge in [0.05, 0.1) is 6.61 Å². The predicted octanol–water partition coefficient (Wildman–Crippen LogP) is 7.47. The molecule has 2 nitrogen and oxygen atoms in total. The van der Waals surface area contributed by atoms with Crippen molar-refractivity contribution in [1.29, 1.82) is 0 Å². The molecule has 0 saturated heterocycles. The van der Waals surface area contributed by atoms with Crippen molar-refractivity contribution in [1.82, 2.24) is 0 Å². The fraction of sp³-hybridized carbons (Fsp3) is 0.435. The Morgan fingerprint density at radius 2 is 1.24 bits per heavy atom. The summed E-state index contributed by atoms with van der Waals surface area (Å²) in [6.07, 6.45) is 10.6. The maximum absolute atomic E-state index is 5.85. The summed E-state index contributed by atoms with van der Waals surface area (Å²) >= 11 is 0. The number of benzene rings is 2. The third kappa shape index (κ3) is 7.01. The minimum Gasteiger partial charge on any atom is -0.494 e. The molecule has 0 atom stereocenters. The first kappa shape index (κ1) is 19.1. The first-order chi connectivity index (χ1) is 12.3. The average Bonchev–Trinajstić information content (AvgIpc) is 2.67.